The largest absolute Gasteiger partial charge is 0.392 e. The molecule has 1 saturated carbocycles. The molecule has 2 aliphatic rings. The van der Waals surface area contributed by atoms with Gasteiger partial charge in [-0.2, -0.15) is 0 Å². The number of halogens is 1. The smallest absolute Gasteiger partial charge is 0.0620 e. The standard InChI is InChI=1S/C7H13NO.ClH/c9-7-5-1-2-6(7)4-8-3-5;/h5-9H,1-4H2;1H/t5-,6?,7?;/m0./s1. The van der Waals surface area contributed by atoms with Crippen LogP contribution in [0.3, 0.4) is 0 Å². The molecule has 2 bridgehead atoms. The van der Waals surface area contributed by atoms with Gasteiger partial charge in [-0.1, -0.05) is 0 Å². The van der Waals surface area contributed by atoms with Crippen molar-refractivity contribution in [1.82, 2.24) is 5.32 Å². The van der Waals surface area contributed by atoms with Crippen molar-refractivity contribution in [3.05, 3.63) is 0 Å². The zero-order chi connectivity index (χ0) is 6.27. The Morgan fingerprint density at radius 2 is 1.60 bits per heavy atom. The molecule has 1 aliphatic heterocycles. The molecule has 10 heavy (non-hydrogen) atoms. The summed E-state index contributed by atoms with van der Waals surface area (Å²) in [7, 11) is 0. The molecule has 3 heteroatoms. The van der Waals surface area contributed by atoms with Crippen LogP contribution in [0.4, 0.5) is 0 Å². The van der Waals surface area contributed by atoms with E-state index in [0.717, 1.165) is 13.1 Å². The molecule has 0 aromatic rings. The summed E-state index contributed by atoms with van der Waals surface area (Å²) in [6.45, 7) is 2.08. The number of hydrogen-bond donors (Lipinski definition) is 2. The van der Waals surface area contributed by atoms with Gasteiger partial charge >= 0.3 is 0 Å². The predicted octanol–water partition coefficient (Wildman–Crippen LogP) is 0.398. The maximum Gasteiger partial charge on any atom is 0.0620 e. The van der Waals surface area contributed by atoms with Crippen LogP contribution in [0.2, 0.25) is 0 Å². The molecule has 0 aromatic carbocycles. The molecular weight excluding hydrogens is 150 g/mol. The first kappa shape index (κ1) is 8.31. The third kappa shape index (κ3) is 1.16. The number of piperidine rings is 1. The van der Waals surface area contributed by atoms with Crippen molar-refractivity contribution in [3.8, 4) is 0 Å². The van der Waals surface area contributed by atoms with Crippen LogP contribution in [0.5, 0.6) is 0 Å². The van der Waals surface area contributed by atoms with E-state index in [1.165, 1.54) is 12.8 Å². The van der Waals surface area contributed by atoms with Crippen molar-refractivity contribution in [2.75, 3.05) is 13.1 Å². The van der Waals surface area contributed by atoms with Gasteiger partial charge in [-0.05, 0) is 24.7 Å². The maximum atomic E-state index is 9.47. The van der Waals surface area contributed by atoms with E-state index in [1.54, 1.807) is 0 Å². The summed E-state index contributed by atoms with van der Waals surface area (Å²) >= 11 is 0. The molecule has 3 atom stereocenters. The van der Waals surface area contributed by atoms with E-state index < -0.39 is 0 Å². The topological polar surface area (TPSA) is 32.3 Å². The second-order valence-corrected chi connectivity index (χ2v) is 3.25. The molecule has 0 amide bonds. The normalized spacial score (nSPS) is 44.7. The zero-order valence-corrected chi connectivity index (χ0v) is 6.73. The monoisotopic (exact) mass is 163 g/mol. The SMILES string of the molecule is Cl.OC1C2CC[C@H]1CNC2. The van der Waals surface area contributed by atoms with Crippen LogP contribution in [0.25, 0.3) is 0 Å². The van der Waals surface area contributed by atoms with Crippen molar-refractivity contribution in [2.45, 2.75) is 18.9 Å². The summed E-state index contributed by atoms with van der Waals surface area (Å²) < 4.78 is 0. The fourth-order valence-corrected chi connectivity index (χ4v) is 2.05. The summed E-state index contributed by atoms with van der Waals surface area (Å²) in [5.41, 5.74) is 0. The lowest BCUT2D eigenvalue weighted by molar-refractivity contribution is 0.0700. The van der Waals surface area contributed by atoms with Gasteiger partial charge in [0.2, 0.25) is 0 Å². The van der Waals surface area contributed by atoms with Crippen LogP contribution in [-0.4, -0.2) is 24.3 Å². The minimum atomic E-state index is 0. The van der Waals surface area contributed by atoms with Crippen LogP contribution in [0.1, 0.15) is 12.8 Å². The average Bonchev–Trinajstić information content (AvgIpc) is 2.19. The quantitative estimate of drug-likeness (QED) is 0.542. The number of aliphatic hydroxyl groups is 1. The molecule has 60 valence electrons. The number of nitrogens with one attached hydrogen (secondary N) is 1. The Labute approximate surface area is 67.4 Å². The van der Waals surface area contributed by atoms with Crippen LogP contribution in [0, 0.1) is 11.8 Å². The lowest BCUT2D eigenvalue weighted by atomic mass is 9.97. The molecule has 0 spiro atoms. The van der Waals surface area contributed by atoms with E-state index in [-0.39, 0.29) is 18.5 Å². The summed E-state index contributed by atoms with van der Waals surface area (Å²) in [5, 5.41) is 12.8. The fourth-order valence-electron chi connectivity index (χ4n) is 2.05. The van der Waals surface area contributed by atoms with Crippen LogP contribution >= 0.6 is 12.4 Å². The lowest BCUT2D eigenvalue weighted by Crippen LogP contribution is -2.41. The minimum absolute atomic E-state index is 0. The molecule has 2 unspecified atom stereocenters. The highest BCUT2D eigenvalue weighted by Crippen LogP contribution is 2.32. The Hall–Kier alpha value is 0.210. The van der Waals surface area contributed by atoms with Crippen LogP contribution in [-0.2, 0) is 0 Å². The second kappa shape index (κ2) is 3.07. The van der Waals surface area contributed by atoms with E-state index in [0.29, 0.717) is 11.8 Å². The molecule has 2 N–H and O–H groups in total. The summed E-state index contributed by atoms with van der Waals surface area (Å²) in [4.78, 5) is 0. The van der Waals surface area contributed by atoms with Gasteiger partial charge in [-0.3, -0.25) is 0 Å². The number of hydrogen-bond acceptors (Lipinski definition) is 2. The average molecular weight is 164 g/mol. The lowest BCUT2D eigenvalue weighted by Gasteiger charge is -2.25. The highest BCUT2D eigenvalue weighted by atomic mass is 35.5. The van der Waals surface area contributed by atoms with Crippen LogP contribution < -0.4 is 5.32 Å². The number of aliphatic hydroxyl groups excluding tert-OH is 1. The van der Waals surface area contributed by atoms with E-state index in [2.05, 4.69) is 5.32 Å². The minimum Gasteiger partial charge on any atom is -0.392 e. The number of rotatable bonds is 0. The van der Waals surface area contributed by atoms with Gasteiger partial charge < -0.3 is 10.4 Å². The van der Waals surface area contributed by atoms with Crippen molar-refractivity contribution >= 4 is 12.4 Å². The first-order valence-electron chi connectivity index (χ1n) is 3.76. The molecule has 2 fully saturated rings. The first-order chi connectivity index (χ1) is 4.38. The van der Waals surface area contributed by atoms with E-state index in [1.807, 2.05) is 0 Å². The molecule has 1 heterocycles. The van der Waals surface area contributed by atoms with Crippen molar-refractivity contribution in [3.63, 3.8) is 0 Å². The molecule has 1 aliphatic carbocycles. The maximum absolute atomic E-state index is 9.47. The summed E-state index contributed by atoms with van der Waals surface area (Å²) in [6.07, 6.45) is 2.49. The van der Waals surface area contributed by atoms with E-state index in [4.69, 9.17) is 0 Å². The van der Waals surface area contributed by atoms with Gasteiger partial charge in [0, 0.05) is 13.1 Å². The highest BCUT2D eigenvalue weighted by Gasteiger charge is 2.37. The van der Waals surface area contributed by atoms with Gasteiger partial charge in [0.25, 0.3) is 0 Å². The van der Waals surface area contributed by atoms with Crippen molar-refractivity contribution in [2.24, 2.45) is 11.8 Å². The van der Waals surface area contributed by atoms with Gasteiger partial charge in [0.05, 0.1) is 6.10 Å². The van der Waals surface area contributed by atoms with Crippen LogP contribution in [0.15, 0.2) is 0 Å². The molecule has 0 aromatic heterocycles. The van der Waals surface area contributed by atoms with Gasteiger partial charge in [-0.25, -0.2) is 0 Å². The Bertz CT molecular complexity index is 104. The highest BCUT2D eigenvalue weighted by molar-refractivity contribution is 5.85. The molecule has 1 saturated heterocycles. The fraction of sp³-hybridized carbons (Fsp3) is 1.00. The van der Waals surface area contributed by atoms with Crippen molar-refractivity contribution < 1.29 is 5.11 Å². The predicted molar refractivity (Wildman–Crippen MR) is 42.3 cm³/mol. The second-order valence-electron chi connectivity index (χ2n) is 3.25. The van der Waals surface area contributed by atoms with Gasteiger partial charge in [0.1, 0.15) is 0 Å². The Balaban J connectivity index is 0.000000500. The Morgan fingerprint density at radius 3 is 2.00 bits per heavy atom. The molecule has 2 rings (SSSR count). The number of fused-ring (bicyclic) bond motifs is 2. The molecule has 0 radical (unpaired) electrons. The van der Waals surface area contributed by atoms with E-state index in [9.17, 15) is 5.11 Å². The summed E-state index contributed by atoms with van der Waals surface area (Å²) in [5.74, 6) is 1.15. The molecular formula is C7H14ClNO. The zero-order valence-electron chi connectivity index (χ0n) is 5.92. The third-order valence-corrected chi connectivity index (χ3v) is 2.69. The molecule has 2 nitrogen and oxygen atoms in total. The van der Waals surface area contributed by atoms with Crippen molar-refractivity contribution in [1.29, 1.82) is 0 Å². The first-order valence-corrected chi connectivity index (χ1v) is 3.76. The van der Waals surface area contributed by atoms with E-state index >= 15 is 0 Å². The third-order valence-electron chi connectivity index (χ3n) is 2.69. The van der Waals surface area contributed by atoms with Gasteiger partial charge in [0.15, 0.2) is 0 Å². The Kier molecular flexibility index (Phi) is 2.55. The van der Waals surface area contributed by atoms with Gasteiger partial charge in [-0.15, -0.1) is 12.4 Å². The Morgan fingerprint density at radius 1 is 1.10 bits per heavy atom. The summed E-state index contributed by atoms with van der Waals surface area (Å²) in [6, 6.07) is 0.